The van der Waals surface area contributed by atoms with Crippen LogP contribution in [0.1, 0.15) is 29.3 Å². The number of anilines is 1. The van der Waals surface area contributed by atoms with Crippen LogP contribution in [0, 0.1) is 6.92 Å². The molecule has 7 nitrogen and oxygen atoms in total. The molecule has 0 aliphatic rings. The molecule has 1 aromatic carbocycles. The Morgan fingerprint density at radius 2 is 2.00 bits per heavy atom. The van der Waals surface area contributed by atoms with E-state index in [1.807, 2.05) is 13.0 Å². The van der Waals surface area contributed by atoms with Gasteiger partial charge >= 0.3 is 0 Å². The lowest BCUT2D eigenvalue weighted by molar-refractivity contribution is -0.115. The van der Waals surface area contributed by atoms with E-state index < -0.39 is 5.91 Å². The van der Waals surface area contributed by atoms with Gasteiger partial charge in [0.25, 0.3) is 5.91 Å². The van der Waals surface area contributed by atoms with Crippen molar-refractivity contribution in [2.75, 3.05) is 5.32 Å². The first kappa shape index (κ1) is 17.1. The highest BCUT2D eigenvalue weighted by molar-refractivity contribution is 6.06. The lowest BCUT2D eigenvalue weighted by atomic mass is 10.2. The molecule has 0 atom stereocenters. The minimum atomic E-state index is -0.548. The molecule has 124 valence electrons. The molecular formula is C17H18N4O3. The Kier molecular flexibility index (Phi) is 5.62. The number of hydrogen-bond acceptors (Lipinski definition) is 5. The monoisotopic (exact) mass is 326 g/mol. The molecule has 24 heavy (non-hydrogen) atoms. The summed E-state index contributed by atoms with van der Waals surface area (Å²) in [5.41, 5.74) is 3.83. The molecule has 2 rings (SSSR count). The van der Waals surface area contributed by atoms with E-state index in [9.17, 15) is 14.7 Å². The van der Waals surface area contributed by atoms with Crippen molar-refractivity contribution >= 4 is 23.3 Å². The molecule has 0 aliphatic carbocycles. The maximum atomic E-state index is 11.9. The zero-order valence-corrected chi connectivity index (χ0v) is 13.4. The fraction of sp³-hybridized carbons (Fsp3) is 0.176. The minimum Gasteiger partial charge on any atom is -0.507 e. The van der Waals surface area contributed by atoms with Crippen molar-refractivity contribution in [2.45, 2.75) is 20.3 Å². The van der Waals surface area contributed by atoms with Crippen LogP contribution < -0.4 is 10.7 Å². The lowest BCUT2D eigenvalue weighted by Gasteiger charge is -2.06. The molecular weight excluding hydrogens is 308 g/mol. The Bertz CT molecular complexity index is 787. The highest BCUT2D eigenvalue weighted by Gasteiger charge is 2.10. The molecule has 0 spiro atoms. The number of carbonyl (C=O) groups is 2. The van der Waals surface area contributed by atoms with Crippen LogP contribution in [0.25, 0.3) is 0 Å². The van der Waals surface area contributed by atoms with Gasteiger partial charge in [0.2, 0.25) is 5.91 Å². The van der Waals surface area contributed by atoms with Crippen LogP contribution in [-0.4, -0.2) is 27.6 Å². The van der Waals surface area contributed by atoms with Crippen LogP contribution in [0.4, 0.5) is 5.82 Å². The van der Waals surface area contributed by atoms with E-state index >= 15 is 0 Å². The Hall–Kier alpha value is -3.22. The van der Waals surface area contributed by atoms with Crippen LogP contribution in [0.15, 0.2) is 47.7 Å². The fourth-order valence-corrected chi connectivity index (χ4v) is 1.94. The maximum Gasteiger partial charge on any atom is 0.275 e. The van der Waals surface area contributed by atoms with Gasteiger partial charge in [-0.3, -0.25) is 9.59 Å². The molecule has 0 aliphatic heterocycles. The van der Waals surface area contributed by atoms with Crippen molar-refractivity contribution in [2.24, 2.45) is 5.10 Å². The van der Waals surface area contributed by atoms with Crippen LogP contribution in [0.3, 0.4) is 0 Å². The number of carbonyl (C=O) groups excluding carboxylic acids is 2. The second kappa shape index (κ2) is 7.87. The predicted octanol–water partition coefficient (Wildman–Crippen LogP) is 2.23. The van der Waals surface area contributed by atoms with E-state index in [4.69, 9.17) is 0 Å². The summed E-state index contributed by atoms with van der Waals surface area (Å²) >= 11 is 0. The zero-order valence-electron chi connectivity index (χ0n) is 13.4. The van der Waals surface area contributed by atoms with Gasteiger partial charge in [0.1, 0.15) is 11.6 Å². The summed E-state index contributed by atoms with van der Waals surface area (Å²) in [4.78, 5) is 27.9. The number of aromatic nitrogens is 1. The second-order valence-corrected chi connectivity index (χ2v) is 5.25. The first-order valence-electron chi connectivity index (χ1n) is 7.29. The molecule has 0 unspecified atom stereocenters. The van der Waals surface area contributed by atoms with Crippen molar-refractivity contribution in [3.05, 3.63) is 53.7 Å². The molecule has 7 heteroatoms. The number of hydrogen-bond donors (Lipinski definition) is 3. The number of aromatic hydroxyl groups is 1. The van der Waals surface area contributed by atoms with Gasteiger partial charge in [-0.2, -0.15) is 5.10 Å². The van der Waals surface area contributed by atoms with E-state index in [-0.39, 0.29) is 23.6 Å². The number of pyridine rings is 1. The van der Waals surface area contributed by atoms with E-state index in [1.165, 1.54) is 12.1 Å². The first-order valence-corrected chi connectivity index (χ1v) is 7.29. The molecule has 1 heterocycles. The minimum absolute atomic E-state index is 0.0106. The quantitative estimate of drug-likeness (QED) is 0.579. The third kappa shape index (κ3) is 4.91. The van der Waals surface area contributed by atoms with Crippen LogP contribution in [0.2, 0.25) is 0 Å². The SMILES string of the molecule is C/C(CC(=O)Nc1cc(C)ccn1)=N/NC(=O)c1ccccc1O. The Labute approximate surface area is 139 Å². The van der Waals surface area contributed by atoms with Gasteiger partial charge < -0.3 is 10.4 Å². The highest BCUT2D eigenvalue weighted by atomic mass is 16.3. The summed E-state index contributed by atoms with van der Waals surface area (Å²) in [5.74, 6) is -0.503. The number of para-hydroxylation sites is 1. The van der Waals surface area contributed by atoms with Crippen molar-refractivity contribution in [1.29, 1.82) is 0 Å². The van der Waals surface area contributed by atoms with E-state index in [1.54, 1.807) is 31.3 Å². The van der Waals surface area contributed by atoms with Gasteiger partial charge in [-0.15, -0.1) is 0 Å². The molecule has 0 fully saturated rings. The van der Waals surface area contributed by atoms with Crippen LogP contribution in [-0.2, 0) is 4.79 Å². The average Bonchev–Trinajstić information content (AvgIpc) is 2.53. The zero-order chi connectivity index (χ0) is 17.5. The number of phenols is 1. The summed E-state index contributed by atoms with van der Waals surface area (Å²) < 4.78 is 0. The van der Waals surface area contributed by atoms with Crippen LogP contribution >= 0.6 is 0 Å². The first-order chi connectivity index (χ1) is 11.5. The molecule has 0 saturated carbocycles. The number of aryl methyl sites for hydroxylation is 1. The Morgan fingerprint density at radius 3 is 2.71 bits per heavy atom. The van der Waals surface area contributed by atoms with Gasteiger partial charge in [-0.1, -0.05) is 12.1 Å². The molecule has 0 saturated heterocycles. The maximum absolute atomic E-state index is 11.9. The number of amides is 2. The number of nitrogens with zero attached hydrogens (tertiary/aromatic N) is 2. The van der Waals surface area contributed by atoms with Gasteiger partial charge in [-0.25, -0.2) is 10.4 Å². The Balaban J connectivity index is 1.90. The third-order valence-electron chi connectivity index (χ3n) is 3.10. The van der Waals surface area contributed by atoms with Crippen molar-refractivity contribution in [3.63, 3.8) is 0 Å². The van der Waals surface area contributed by atoms with E-state index in [0.717, 1.165) is 5.56 Å². The number of phenolic OH excluding ortho intramolecular Hbond substituents is 1. The summed E-state index contributed by atoms with van der Waals surface area (Å²) in [7, 11) is 0. The summed E-state index contributed by atoms with van der Waals surface area (Å²) in [6.07, 6.45) is 1.62. The lowest BCUT2D eigenvalue weighted by Crippen LogP contribution is -2.21. The number of nitrogens with one attached hydrogen (secondary N) is 2. The summed E-state index contributed by atoms with van der Waals surface area (Å²) in [6, 6.07) is 9.72. The summed E-state index contributed by atoms with van der Waals surface area (Å²) in [6.45, 7) is 3.52. The normalized spacial score (nSPS) is 11.0. The number of rotatable bonds is 5. The smallest absolute Gasteiger partial charge is 0.275 e. The van der Waals surface area contributed by atoms with Gasteiger partial charge in [0, 0.05) is 11.9 Å². The second-order valence-electron chi connectivity index (χ2n) is 5.25. The molecule has 0 bridgehead atoms. The molecule has 0 radical (unpaired) electrons. The van der Waals surface area contributed by atoms with E-state index in [0.29, 0.717) is 11.5 Å². The van der Waals surface area contributed by atoms with Gasteiger partial charge in [-0.05, 0) is 43.7 Å². The van der Waals surface area contributed by atoms with E-state index in [2.05, 4.69) is 20.8 Å². The third-order valence-corrected chi connectivity index (χ3v) is 3.10. The van der Waals surface area contributed by atoms with Gasteiger partial charge in [0.15, 0.2) is 0 Å². The number of hydrazone groups is 1. The van der Waals surface area contributed by atoms with Crippen molar-refractivity contribution in [3.8, 4) is 5.75 Å². The average molecular weight is 326 g/mol. The number of benzene rings is 1. The van der Waals surface area contributed by atoms with Gasteiger partial charge in [0.05, 0.1) is 12.0 Å². The molecule has 2 aromatic rings. The largest absolute Gasteiger partial charge is 0.507 e. The fourth-order valence-electron chi connectivity index (χ4n) is 1.94. The van der Waals surface area contributed by atoms with Crippen LogP contribution in [0.5, 0.6) is 5.75 Å². The highest BCUT2D eigenvalue weighted by Crippen LogP contribution is 2.14. The van der Waals surface area contributed by atoms with Crippen molar-refractivity contribution in [1.82, 2.24) is 10.4 Å². The topological polar surface area (TPSA) is 104 Å². The predicted molar refractivity (Wildman–Crippen MR) is 90.9 cm³/mol. The summed E-state index contributed by atoms with van der Waals surface area (Å²) in [5, 5.41) is 16.1. The molecule has 3 N–H and O–H groups in total. The molecule has 1 aromatic heterocycles. The standard InChI is InChI=1S/C17H18N4O3/c1-11-7-8-18-15(9-11)19-16(23)10-12(2)20-21-17(24)13-5-3-4-6-14(13)22/h3-9,22H,10H2,1-2H3,(H,21,24)(H,18,19,23)/b20-12-. The van der Waals surface area contributed by atoms with Crippen molar-refractivity contribution < 1.29 is 14.7 Å². The molecule has 2 amide bonds. The Morgan fingerprint density at radius 1 is 1.25 bits per heavy atom.